The van der Waals surface area contributed by atoms with E-state index in [9.17, 15) is 0 Å². The van der Waals surface area contributed by atoms with Gasteiger partial charge in [0.2, 0.25) is 0 Å². The highest BCUT2D eigenvalue weighted by molar-refractivity contribution is 5.82. The molecule has 1 fully saturated rings. The average Bonchev–Trinajstić information content (AvgIpc) is 2.85. The van der Waals surface area contributed by atoms with Crippen molar-refractivity contribution in [2.24, 2.45) is 5.92 Å². The Morgan fingerprint density at radius 1 is 1.26 bits per heavy atom. The van der Waals surface area contributed by atoms with Gasteiger partial charge in [-0.15, -0.1) is 0 Å². The monoisotopic (exact) mass is 254 g/mol. The molecule has 2 nitrogen and oxygen atoms in total. The Morgan fingerprint density at radius 2 is 2.11 bits per heavy atom. The lowest BCUT2D eigenvalue weighted by Crippen LogP contribution is -2.27. The standard InChI is InChI=1S/C17H22N2/c1-12(2)11-17-15(8-10-19-17)13-7-9-18-16-6-4-3-5-14(13)16/h3-7,9,12,15,17,19H,8,10-11H2,1-2H3. The Hall–Kier alpha value is -1.41. The van der Waals surface area contributed by atoms with E-state index in [1.807, 2.05) is 6.20 Å². The average molecular weight is 254 g/mol. The van der Waals surface area contributed by atoms with E-state index in [2.05, 4.69) is 54.5 Å². The first-order valence-corrected chi connectivity index (χ1v) is 7.32. The van der Waals surface area contributed by atoms with E-state index in [0.717, 1.165) is 18.0 Å². The second-order valence-electron chi connectivity index (χ2n) is 6.00. The van der Waals surface area contributed by atoms with Gasteiger partial charge in [-0.3, -0.25) is 4.98 Å². The summed E-state index contributed by atoms with van der Waals surface area (Å²) >= 11 is 0. The summed E-state index contributed by atoms with van der Waals surface area (Å²) in [6, 6.07) is 11.3. The quantitative estimate of drug-likeness (QED) is 0.903. The van der Waals surface area contributed by atoms with Gasteiger partial charge in [-0.1, -0.05) is 32.0 Å². The Kier molecular flexibility index (Phi) is 3.52. The number of nitrogens with zero attached hydrogens (tertiary/aromatic N) is 1. The van der Waals surface area contributed by atoms with Gasteiger partial charge >= 0.3 is 0 Å². The SMILES string of the molecule is CC(C)CC1NCCC1c1ccnc2ccccc12. The van der Waals surface area contributed by atoms with Crippen molar-refractivity contribution < 1.29 is 0 Å². The first-order chi connectivity index (χ1) is 9.25. The van der Waals surface area contributed by atoms with Gasteiger partial charge in [-0.05, 0) is 43.0 Å². The predicted molar refractivity (Wildman–Crippen MR) is 80.3 cm³/mol. The third-order valence-electron chi connectivity index (χ3n) is 4.16. The highest BCUT2D eigenvalue weighted by Crippen LogP contribution is 2.34. The van der Waals surface area contributed by atoms with Crippen LogP contribution < -0.4 is 5.32 Å². The van der Waals surface area contributed by atoms with E-state index in [1.165, 1.54) is 23.8 Å². The largest absolute Gasteiger partial charge is 0.313 e. The molecule has 0 aliphatic carbocycles. The number of pyridine rings is 1. The minimum Gasteiger partial charge on any atom is -0.313 e. The maximum absolute atomic E-state index is 4.48. The molecule has 0 amide bonds. The Morgan fingerprint density at radius 3 is 2.95 bits per heavy atom. The first kappa shape index (κ1) is 12.6. The zero-order chi connectivity index (χ0) is 13.2. The zero-order valence-corrected chi connectivity index (χ0v) is 11.8. The van der Waals surface area contributed by atoms with Crippen molar-refractivity contribution in [2.75, 3.05) is 6.54 Å². The van der Waals surface area contributed by atoms with Gasteiger partial charge in [0.05, 0.1) is 5.52 Å². The summed E-state index contributed by atoms with van der Waals surface area (Å²) in [6.45, 7) is 5.75. The number of nitrogens with one attached hydrogen (secondary N) is 1. The lowest BCUT2D eigenvalue weighted by atomic mass is 9.86. The van der Waals surface area contributed by atoms with Crippen molar-refractivity contribution in [3.63, 3.8) is 0 Å². The maximum atomic E-state index is 4.48. The molecule has 1 N–H and O–H groups in total. The van der Waals surface area contributed by atoms with Gasteiger partial charge in [0.25, 0.3) is 0 Å². The number of para-hydroxylation sites is 1. The molecule has 2 heterocycles. The molecule has 0 saturated carbocycles. The van der Waals surface area contributed by atoms with Crippen molar-refractivity contribution in [2.45, 2.75) is 38.6 Å². The van der Waals surface area contributed by atoms with Crippen LogP contribution in [0.2, 0.25) is 0 Å². The number of hydrogen-bond acceptors (Lipinski definition) is 2. The zero-order valence-electron chi connectivity index (χ0n) is 11.8. The summed E-state index contributed by atoms with van der Waals surface area (Å²) < 4.78 is 0. The van der Waals surface area contributed by atoms with Crippen LogP contribution in [-0.4, -0.2) is 17.6 Å². The van der Waals surface area contributed by atoms with Crippen molar-refractivity contribution >= 4 is 10.9 Å². The molecule has 2 aromatic rings. The van der Waals surface area contributed by atoms with Crippen LogP contribution in [-0.2, 0) is 0 Å². The molecule has 2 atom stereocenters. The molecule has 3 rings (SSSR count). The summed E-state index contributed by atoms with van der Waals surface area (Å²) in [5, 5.41) is 5.01. The number of hydrogen-bond donors (Lipinski definition) is 1. The lowest BCUT2D eigenvalue weighted by molar-refractivity contribution is 0.435. The summed E-state index contributed by atoms with van der Waals surface area (Å²) in [5.74, 6) is 1.38. The molecule has 0 bridgehead atoms. The summed E-state index contributed by atoms with van der Waals surface area (Å²) in [5.41, 5.74) is 2.59. The molecule has 19 heavy (non-hydrogen) atoms. The highest BCUT2D eigenvalue weighted by atomic mass is 15.0. The second-order valence-corrected chi connectivity index (χ2v) is 6.00. The van der Waals surface area contributed by atoms with Crippen molar-refractivity contribution in [3.8, 4) is 0 Å². The van der Waals surface area contributed by atoms with Gasteiger partial charge < -0.3 is 5.32 Å². The summed E-state index contributed by atoms with van der Waals surface area (Å²) in [4.78, 5) is 4.48. The van der Waals surface area contributed by atoms with Crippen LogP contribution in [0, 0.1) is 5.92 Å². The molecule has 100 valence electrons. The van der Waals surface area contributed by atoms with Gasteiger partial charge in [-0.2, -0.15) is 0 Å². The van der Waals surface area contributed by atoms with Crippen LogP contribution in [0.15, 0.2) is 36.5 Å². The number of aromatic nitrogens is 1. The molecule has 0 radical (unpaired) electrons. The number of benzene rings is 1. The molecule has 1 aromatic heterocycles. The van der Waals surface area contributed by atoms with Gasteiger partial charge in [-0.25, -0.2) is 0 Å². The number of rotatable bonds is 3. The van der Waals surface area contributed by atoms with E-state index in [1.54, 1.807) is 0 Å². The number of fused-ring (bicyclic) bond motifs is 1. The van der Waals surface area contributed by atoms with Crippen LogP contribution in [0.5, 0.6) is 0 Å². The third-order valence-corrected chi connectivity index (χ3v) is 4.16. The molecule has 2 unspecified atom stereocenters. The van der Waals surface area contributed by atoms with E-state index >= 15 is 0 Å². The Balaban J connectivity index is 1.99. The van der Waals surface area contributed by atoms with E-state index in [0.29, 0.717) is 12.0 Å². The summed E-state index contributed by atoms with van der Waals surface area (Å²) in [6.07, 6.45) is 4.45. The van der Waals surface area contributed by atoms with Crippen molar-refractivity contribution in [3.05, 3.63) is 42.1 Å². The third kappa shape index (κ3) is 2.50. The molecule has 2 heteroatoms. The topological polar surface area (TPSA) is 24.9 Å². The minimum absolute atomic E-state index is 0.616. The second kappa shape index (κ2) is 5.30. The normalized spacial score (nSPS) is 23.3. The van der Waals surface area contributed by atoms with Crippen LogP contribution in [0.25, 0.3) is 10.9 Å². The molecule has 1 saturated heterocycles. The van der Waals surface area contributed by atoms with Crippen LogP contribution in [0.3, 0.4) is 0 Å². The van der Waals surface area contributed by atoms with Crippen molar-refractivity contribution in [1.82, 2.24) is 10.3 Å². The summed E-state index contributed by atoms with van der Waals surface area (Å²) in [7, 11) is 0. The van der Waals surface area contributed by atoms with Gasteiger partial charge in [0, 0.05) is 23.5 Å². The van der Waals surface area contributed by atoms with Crippen LogP contribution in [0.4, 0.5) is 0 Å². The van der Waals surface area contributed by atoms with Crippen molar-refractivity contribution in [1.29, 1.82) is 0 Å². The first-order valence-electron chi connectivity index (χ1n) is 7.32. The van der Waals surface area contributed by atoms with Crippen LogP contribution in [0.1, 0.15) is 38.2 Å². The van der Waals surface area contributed by atoms with E-state index in [-0.39, 0.29) is 0 Å². The van der Waals surface area contributed by atoms with Crippen LogP contribution >= 0.6 is 0 Å². The molecular formula is C17H22N2. The predicted octanol–water partition coefficient (Wildman–Crippen LogP) is 3.73. The van der Waals surface area contributed by atoms with E-state index < -0.39 is 0 Å². The minimum atomic E-state index is 0.616. The fourth-order valence-electron chi connectivity index (χ4n) is 3.34. The molecule has 1 aliphatic rings. The molecule has 1 aliphatic heterocycles. The Labute approximate surface area is 115 Å². The lowest BCUT2D eigenvalue weighted by Gasteiger charge is -2.22. The fraction of sp³-hybridized carbons (Fsp3) is 0.471. The fourth-order valence-corrected chi connectivity index (χ4v) is 3.34. The van der Waals surface area contributed by atoms with Gasteiger partial charge in [0.1, 0.15) is 0 Å². The Bertz CT molecular complexity index is 557. The maximum Gasteiger partial charge on any atom is 0.0704 e. The molecule has 1 aromatic carbocycles. The molecule has 0 spiro atoms. The highest BCUT2D eigenvalue weighted by Gasteiger charge is 2.29. The van der Waals surface area contributed by atoms with Gasteiger partial charge in [0.15, 0.2) is 0 Å². The van der Waals surface area contributed by atoms with E-state index in [4.69, 9.17) is 0 Å². The molecular weight excluding hydrogens is 232 g/mol. The smallest absolute Gasteiger partial charge is 0.0704 e.